The average molecular weight is 139 g/mol. The van der Waals surface area contributed by atoms with Gasteiger partial charge in [-0.15, -0.1) is 0 Å². The summed E-state index contributed by atoms with van der Waals surface area (Å²) in [6, 6.07) is 0. The Labute approximate surface area is 61.8 Å². The summed E-state index contributed by atoms with van der Waals surface area (Å²) >= 11 is 0. The molecular weight excluding hydrogens is 126 g/mol. The lowest BCUT2D eigenvalue weighted by atomic mass is 10.3. The number of ketones is 1. The molecule has 0 spiro atoms. The van der Waals surface area contributed by atoms with Gasteiger partial charge in [-0.25, -0.2) is 0 Å². The second kappa shape index (κ2) is 3.88. The molecule has 10 heavy (non-hydrogen) atoms. The molecule has 0 atom stereocenters. The fraction of sp³-hybridized carbons (Fsp3) is 0.375. The molecule has 0 radical (unpaired) electrons. The van der Waals surface area contributed by atoms with Crippen LogP contribution in [0.15, 0.2) is 24.4 Å². The van der Waals surface area contributed by atoms with Crippen molar-refractivity contribution >= 4 is 5.78 Å². The largest absolute Gasteiger partial charge is 0.375 e. The van der Waals surface area contributed by atoms with Gasteiger partial charge in [0.25, 0.3) is 0 Å². The van der Waals surface area contributed by atoms with Crippen LogP contribution in [0.3, 0.4) is 0 Å². The minimum Gasteiger partial charge on any atom is -0.375 e. The SMILES string of the molecule is C=C/C=C(/C(C)=O)N(C)C. The minimum absolute atomic E-state index is 0.0601. The topological polar surface area (TPSA) is 20.3 Å². The van der Waals surface area contributed by atoms with E-state index in [2.05, 4.69) is 6.58 Å². The molecule has 0 rings (SSSR count). The summed E-state index contributed by atoms with van der Waals surface area (Å²) in [5.74, 6) is 0.0601. The summed E-state index contributed by atoms with van der Waals surface area (Å²) in [4.78, 5) is 12.6. The first-order valence-corrected chi connectivity index (χ1v) is 3.10. The van der Waals surface area contributed by atoms with Crippen molar-refractivity contribution in [2.24, 2.45) is 0 Å². The van der Waals surface area contributed by atoms with Gasteiger partial charge in [0.15, 0.2) is 5.78 Å². The zero-order valence-corrected chi connectivity index (χ0v) is 6.72. The molecule has 0 saturated carbocycles. The summed E-state index contributed by atoms with van der Waals surface area (Å²) in [5.41, 5.74) is 0.676. The number of carbonyl (C=O) groups excluding carboxylic acids is 1. The zero-order chi connectivity index (χ0) is 8.15. The third kappa shape index (κ3) is 2.49. The highest BCUT2D eigenvalue weighted by atomic mass is 16.1. The number of likely N-dealkylation sites (N-methyl/N-ethyl adjacent to an activating group) is 1. The Hall–Kier alpha value is -1.05. The maximum atomic E-state index is 10.8. The molecule has 0 aromatic carbocycles. The first-order valence-electron chi connectivity index (χ1n) is 3.10. The Morgan fingerprint density at radius 3 is 2.10 bits per heavy atom. The van der Waals surface area contributed by atoms with Crippen LogP contribution in [0.5, 0.6) is 0 Å². The molecule has 0 aliphatic rings. The molecule has 0 heterocycles. The molecule has 0 saturated heterocycles. The van der Waals surface area contributed by atoms with Gasteiger partial charge in [-0.3, -0.25) is 4.79 Å². The van der Waals surface area contributed by atoms with Gasteiger partial charge in [0.1, 0.15) is 0 Å². The predicted octanol–water partition coefficient (Wildman–Crippen LogP) is 1.21. The monoisotopic (exact) mass is 139 g/mol. The van der Waals surface area contributed by atoms with Gasteiger partial charge in [0, 0.05) is 21.0 Å². The Morgan fingerprint density at radius 2 is 2.00 bits per heavy atom. The number of Topliss-reactive ketones (excluding diaryl/α,β-unsaturated/α-hetero) is 1. The lowest BCUT2D eigenvalue weighted by molar-refractivity contribution is -0.114. The fourth-order valence-electron chi connectivity index (χ4n) is 0.693. The summed E-state index contributed by atoms with van der Waals surface area (Å²) < 4.78 is 0. The fourth-order valence-corrected chi connectivity index (χ4v) is 0.693. The minimum atomic E-state index is 0.0601. The maximum Gasteiger partial charge on any atom is 0.175 e. The quantitative estimate of drug-likeness (QED) is 0.432. The first-order chi connectivity index (χ1) is 4.59. The molecule has 0 aromatic heterocycles. The molecular formula is C8H13NO. The van der Waals surface area contributed by atoms with Crippen molar-refractivity contribution in [3.63, 3.8) is 0 Å². The summed E-state index contributed by atoms with van der Waals surface area (Å²) in [7, 11) is 3.66. The molecule has 0 bridgehead atoms. The highest BCUT2D eigenvalue weighted by Crippen LogP contribution is 1.98. The standard InChI is InChI=1S/C8H13NO/c1-5-6-8(7(2)10)9(3)4/h5-6H,1H2,2-4H3/b8-6-. The Balaban J connectivity index is 4.41. The van der Waals surface area contributed by atoms with E-state index < -0.39 is 0 Å². The molecule has 0 unspecified atom stereocenters. The van der Waals surface area contributed by atoms with Gasteiger partial charge in [-0.2, -0.15) is 0 Å². The van der Waals surface area contributed by atoms with E-state index in [0.717, 1.165) is 0 Å². The van der Waals surface area contributed by atoms with Crippen LogP contribution < -0.4 is 0 Å². The summed E-state index contributed by atoms with van der Waals surface area (Å²) in [6.07, 6.45) is 3.30. The molecule has 56 valence electrons. The van der Waals surface area contributed by atoms with E-state index in [4.69, 9.17) is 0 Å². The molecule has 0 amide bonds. The second-order valence-corrected chi connectivity index (χ2v) is 2.24. The van der Waals surface area contributed by atoms with E-state index in [1.165, 1.54) is 6.92 Å². The van der Waals surface area contributed by atoms with Crippen molar-refractivity contribution in [3.05, 3.63) is 24.4 Å². The highest BCUT2D eigenvalue weighted by Gasteiger charge is 2.02. The summed E-state index contributed by atoms with van der Waals surface area (Å²) in [6.45, 7) is 5.05. The number of nitrogens with zero attached hydrogens (tertiary/aromatic N) is 1. The van der Waals surface area contributed by atoms with Crippen molar-refractivity contribution in [2.45, 2.75) is 6.92 Å². The van der Waals surface area contributed by atoms with Crippen molar-refractivity contribution in [3.8, 4) is 0 Å². The summed E-state index contributed by atoms with van der Waals surface area (Å²) in [5, 5.41) is 0. The average Bonchev–Trinajstić information content (AvgIpc) is 1.81. The van der Waals surface area contributed by atoms with Crippen LogP contribution >= 0.6 is 0 Å². The number of hydrogen-bond donors (Lipinski definition) is 0. The molecule has 0 aliphatic carbocycles. The van der Waals surface area contributed by atoms with Crippen LogP contribution in [0.2, 0.25) is 0 Å². The Bertz CT molecular complexity index is 168. The van der Waals surface area contributed by atoms with E-state index in [-0.39, 0.29) is 5.78 Å². The van der Waals surface area contributed by atoms with Crippen LogP contribution in [0.1, 0.15) is 6.92 Å². The van der Waals surface area contributed by atoms with Gasteiger partial charge in [-0.1, -0.05) is 12.7 Å². The molecule has 0 aromatic rings. The van der Waals surface area contributed by atoms with Crippen LogP contribution in [-0.2, 0) is 4.79 Å². The van der Waals surface area contributed by atoms with Crippen LogP contribution in [0.4, 0.5) is 0 Å². The molecule has 0 aliphatic heterocycles. The van der Waals surface area contributed by atoms with Crippen molar-refractivity contribution in [1.82, 2.24) is 4.90 Å². The van der Waals surface area contributed by atoms with E-state index in [1.54, 1.807) is 17.1 Å². The van der Waals surface area contributed by atoms with Gasteiger partial charge < -0.3 is 4.90 Å². The van der Waals surface area contributed by atoms with Gasteiger partial charge in [0.2, 0.25) is 0 Å². The highest BCUT2D eigenvalue weighted by molar-refractivity contribution is 5.92. The molecule has 0 fully saturated rings. The Kier molecular flexibility index (Phi) is 3.47. The number of allylic oxidation sites excluding steroid dienone is 3. The number of rotatable bonds is 3. The lowest BCUT2D eigenvalue weighted by Crippen LogP contribution is -2.16. The van der Waals surface area contributed by atoms with E-state index in [1.807, 2.05) is 14.1 Å². The van der Waals surface area contributed by atoms with Crippen molar-refractivity contribution in [2.75, 3.05) is 14.1 Å². The van der Waals surface area contributed by atoms with Crippen LogP contribution in [0, 0.1) is 0 Å². The zero-order valence-electron chi connectivity index (χ0n) is 6.72. The number of hydrogen-bond acceptors (Lipinski definition) is 2. The maximum absolute atomic E-state index is 10.8. The second-order valence-electron chi connectivity index (χ2n) is 2.24. The van der Waals surface area contributed by atoms with Gasteiger partial charge in [-0.05, 0) is 6.08 Å². The van der Waals surface area contributed by atoms with E-state index in [9.17, 15) is 4.79 Å². The van der Waals surface area contributed by atoms with Gasteiger partial charge >= 0.3 is 0 Å². The first kappa shape index (κ1) is 8.95. The number of carbonyl (C=O) groups is 1. The Morgan fingerprint density at radius 1 is 1.50 bits per heavy atom. The molecule has 2 nitrogen and oxygen atoms in total. The van der Waals surface area contributed by atoms with E-state index in [0.29, 0.717) is 5.70 Å². The van der Waals surface area contributed by atoms with Crippen LogP contribution in [0.25, 0.3) is 0 Å². The van der Waals surface area contributed by atoms with Crippen molar-refractivity contribution in [1.29, 1.82) is 0 Å². The lowest BCUT2D eigenvalue weighted by Gasteiger charge is -2.12. The van der Waals surface area contributed by atoms with Gasteiger partial charge in [0.05, 0.1) is 5.70 Å². The predicted molar refractivity (Wildman–Crippen MR) is 42.6 cm³/mol. The molecule has 0 N–H and O–H groups in total. The third-order valence-corrected chi connectivity index (χ3v) is 1.12. The van der Waals surface area contributed by atoms with Crippen molar-refractivity contribution < 1.29 is 4.79 Å². The normalized spacial score (nSPS) is 10.9. The third-order valence-electron chi connectivity index (χ3n) is 1.12. The van der Waals surface area contributed by atoms with E-state index >= 15 is 0 Å². The smallest absolute Gasteiger partial charge is 0.175 e. The molecule has 2 heteroatoms. The van der Waals surface area contributed by atoms with Crippen LogP contribution in [-0.4, -0.2) is 24.8 Å².